The summed E-state index contributed by atoms with van der Waals surface area (Å²) in [6.45, 7) is 0.887. The van der Waals surface area contributed by atoms with Crippen LogP contribution in [0.25, 0.3) is 11.5 Å². The second-order valence-corrected chi connectivity index (χ2v) is 8.38. The number of nitrogens with zero attached hydrogens (tertiary/aromatic N) is 3. The van der Waals surface area contributed by atoms with Gasteiger partial charge in [0.2, 0.25) is 11.8 Å². The third-order valence-corrected chi connectivity index (χ3v) is 6.40. The number of fused-ring (bicyclic) bond motifs is 1. The highest BCUT2D eigenvalue weighted by Gasteiger charge is 2.35. The Kier molecular flexibility index (Phi) is 5.50. The Hall–Kier alpha value is -1.53. The van der Waals surface area contributed by atoms with Gasteiger partial charge >= 0.3 is 0 Å². The van der Waals surface area contributed by atoms with Crippen molar-refractivity contribution in [1.29, 1.82) is 0 Å². The SMILES string of the molecule is O=C(CSc1nnc(-c2cccc(Cl)c2)o1)N1CCC[C@H]2CCCC[C@H]21. The van der Waals surface area contributed by atoms with Crippen LogP contribution in [0, 0.1) is 5.92 Å². The van der Waals surface area contributed by atoms with Gasteiger partial charge in [0.15, 0.2) is 0 Å². The number of thioether (sulfide) groups is 1. The van der Waals surface area contributed by atoms with Gasteiger partial charge in [-0.1, -0.05) is 42.3 Å². The molecule has 2 heterocycles. The third-order valence-electron chi connectivity index (χ3n) is 5.36. The first kappa shape index (κ1) is 17.9. The molecular formula is C19H22ClN3O2S. The Labute approximate surface area is 162 Å². The van der Waals surface area contributed by atoms with Crippen molar-refractivity contribution >= 4 is 29.3 Å². The van der Waals surface area contributed by atoms with Crippen molar-refractivity contribution in [3.63, 3.8) is 0 Å². The van der Waals surface area contributed by atoms with Crippen LogP contribution in [0.1, 0.15) is 38.5 Å². The van der Waals surface area contributed by atoms with Gasteiger partial charge < -0.3 is 9.32 Å². The average molecular weight is 392 g/mol. The predicted octanol–water partition coefficient (Wildman–Crippen LogP) is 4.66. The van der Waals surface area contributed by atoms with E-state index in [2.05, 4.69) is 15.1 Å². The summed E-state index contributed by atoms with van der Waals surface area (Å²) in [6, 6.07) is 7.74. The van der Waals surface area contributed by atoms with Gasteiger partial charge in [0.05, 0.1) is 5.75 Å². The molecule has 1 aromatic heterocycles. The molecule has 5 nitrogen and oxygen atoms in total. The number of halogens is 1. The van der Waals surface area contributed by atoms with Crippen LogP contribution in [0.5, 0.6) is 0 Å². The molecule has 1 saturated carbocycles. The Balaban J connectivity index is 1.37. The normalized spacial score (nSPS) is 22.9. The standard InChI is InChI=1S/C19H22ClN3O2S/c20-15-8-3-6-14(11-15)18-21-22-19(25-18)26-12-17(24)23-10-4-7-13-5-1-2-9-16(13)23/h3,6,8,11,13,16H,1-2,4-5,7,9-10,12H2/t13-,16-/m1/s1. The van der Waals surface area contributed by atoms with Crippen LogP contribution < -0.4 is 0 Å². The minimum Gasteiger partial charge on any atom is -0.411 e. The molecule has 1 aliphatic carbocycles. The van der Waals surface area contributed by atoms with Crippen LogP contribution in [0.2, 0.25) is 5.02 Å². The molecule has 1 aromatic carbocycles. The number of rotatable bonds is 4. The Morgan fingerprint density at radius 2 is 2.08 bits per heavy atom. The Bertz CT molecular complexity index is 780. The first-order valence-electron chi connectivity index (χ1n) is 9.22. The summed E-state index contributed by atoms with van der Waals surface area (Å²) in [5.74, 6) is 1.66. The van der Waals surface area contributed by atoms with E-state index in [0.717, 1.165) is 24.9 Å². The summed E-state index contributed by atoms with van der Waals surface area (Å²) in [5, 5.41) is 9.16. The molecule has 1 aliphatic heterocycles. The smallest absolute Gasteiger partial charge is 0.277 e. The fourth-order valence-corrected chi connectivity index (χ4v) is 4.99. The Morgan fingerprint density at radius 3 is 2.96 bits per heavy atom. The molecule has 1 saturated heterocycles. The number of hydrogen-bond donors (Lipinski definition) is 0. The van der Waals surface area contributed by atoms with E-state index in [1.165, 1.54) is 37.4 Å². The number of carbonyl (C=O) groups excluding carboxylic acids is 1. The first-order valence-corrected chi connectivity index (χ1v) is 10.6. The van der Waals surface area contributed by atoms with E-state index in [-0.39, 0.29) is 5.91 Å². The van der Waals surface area contributed by atoms with E-state index in [4.69, 9.17) is 16.0 Å². The number of amides is 1. The molecule has 1 amide bonds. The largest absolute Gasteiger partial charge is 0.411 e. The zero-order valence-corrected chi connectivity index (χ0v) is 16.1. The lowest BCUT2D eigenvalue weighted by molar-refractivity contribution is -0.134. The molecule has 4 rings (SSSR count). The topological polar surface area (TPSA) is 59.2 Å². The van der Waals surface area contributed by atoms with E-state index >= 15 is 0 Å². The van der Waals surface area contributed by atoms with Crippen LogP contribution in [-0.4, -0.2) is 39.3 Å². The number of hydrogen-bond acceptors (Lipinski definition) is 5. The van der Waals surface area contributed by atoms with E-state index in [1.807, 2.05) is 12.1 Å². The molecule has 0 N–H and O–H groups in total. The van der Waals surface area contributed by atoms with Gasteiger partial charge in [0, 0.05) is 23.2 Å². The maximum Gasteiger partial charge on any atom is 0.277 e. The molecule has 0 bridgehead atoms. The van der Waals surface area contributed by atoms with Crippen molar-refractivity contribution in [3.05, 3.63) is 29.3 Å². The van der Waals surface area contributed by atoms with Crippen LogP contribution in [-0.2, 0) is 4.79 Å². The molecule has 7 heteroatoms. The fourth-order valence-electron chi connectivity index (χ4n) is 4.15. The minimum absolute atomic E-state index is 0.189. The van der Waals surface area contributed by atoms with Crippen LogP contribution in [0.3, 0.4) is 0 Å². The van der Waals surface area contributed by atoms with Gasteiger partial charge in [0.25, 0.3) is 5.22 Å². The van der Waals surface area contributed by atoms with E-state index < -0.39 is 0 Å². The summed E-state index contributed by atoms with van der Waals surface area (Å²) >= 11 is 7.32. The zero-order valence-electron chi connectivity index (χ0n) is 14.6. The van der Waals surface area contributed by atoms with Crippen molar-refractivity contribution in [3.8, 4) is 11.5 Å². The molecule has 0 spiro atoms. The van der Waals surface area contributed by atoms with E-state index in [9.17, 15) is 4.79 Å². The molecule has 0 unspecified atom stereocenters. The summed E-state index contributed by atoms with van der Waals surface area (Å²) in [7, 11) is 0. The van der Waals surface area contributed by atoms with Gasteiger partial charge in [-0.25, -0.2) is 0 Å². The Morgan fingerprint density at radius 1 is 1.23 bits per heavy atom. The van der Waals surface area contributed by atoms with Gasteiger partial charge in [-0.15, -0.1) is 10.2 Å². The van der Waals surface area contributed by atoms with Gasteiger partial charge in [-0.2, -0.15) is 0 Å². The van der Waals surface area contributed by atoms with Crippen molar-refractivity contribution in [2.75, 3.05) is 12.3 Å². The highest BCUT2D eigenvalue weighted by molar-refractivity contribution is 7.99. The van der Waals surface area contributed by atoms with Crippen LogP contribution >= 0.6 is 23.4 Å². The lowest BCUT2D eigenvalue weighted by Gasteiger charge is -2.44. The van der Waals surface area contributed by atoms with Crippen molar-refractivity contribution < 1.29 is 9.21 Å². The molecule has 0 radical (unpaired) electrons. The average Bonchev–Trinajstić information content (AvgIpc) is 3.15. The van der Waals surface area contributed by atoms with Gasteiger partial charge in [-0.05, 0) is 49.8 Å². The highest BCUT2D eigenvalue weighted by atomic mass is 35.5. The second-order valence-electron chi connectivity index (χ2n) is 7.01. The number of aromatic nitrogens is 2. The molecule has 2 fully saturated rings. The lowest BCUT2D eigenvalue weighted by atomic mass is 9.78. The van der Waals surface area contributed by atoms with Gasteiger partial charge in [-0.3, -0.25) is 4.79 Å². The molecular weight excluding hydrogens is 370 g/mol. The minimum atomic E-state index is 0.189. The predicted molar refractivity (Wildman–Crippen MR) is 102 cm³/mol. The number of piperidine rings is 1. The number of benzene rings is 1. The van der Waals surface area contributed by atoms with Crippen molar-refractivity contribution in [1.82, 2.24) is 15.1 Å². The quantitative estimate of drug-likeness (QED) is 0.709. The molecule has 2 atom stereocenters. The maximum atomic E-state index is 12.7. The molecule has 138 valence electrons. The molecule has 2 aromatic rings. The van der Waals surface area contributed by atoms with Crippen molar-refractivity contribution in [2.24, 2.45) is 5.92 Å². The highest BCUT2D eigenvalue weighted by Crippen LogP contribution is 2.35. The summed E-state index contributed by atoms with van der Waals surface area (Å²) in [5.41, 5.74) is 0.782. The number of likely N-dealkylation sites (tertiary alicyclic amines) is 1. The fraction of sp³-hybridized carbons (Fsp3) is 0.526. The molecule has 2 aliphatic rings. The lowest BCUT2D eigenvalue weighted by Crippen LogP contribution is -2.50. The van der Waals surface area contributed by atoms with Crippen molar-refractivity contribution in [2.45, 2.75) is 49.8 Å². The summed E-state index contributed by atoms with van der Waals surface area (Å²) in [4.78, 5) is 14.9. The first-order chi connectivity index (χ1) is 12.7. The monoisotopic (exact) mass is 391 g/mol. The van der Waals surface area contributed by atoms with Gasteiger partial charge in [0.1, 0.15) is 0 Å². The number of carbonyl (C=O) groups is 1. The van der Waals surface area contributed by atoms with Crippen LogP contribution in [0.4, 0.5) is 0 Å². The summed E-state index contributed by atoms with van der Waals surface area (Å²) < 4.78 is 5.68. The zero-order chi connectivity index (χ0) is 17.9. The van der Waals surface area contributed by atoms with E-state index in [0.29, 0.717) is 33.8 Å². The summed E-state index contributed by atoms with van der Waals surface area (Å²) in [6.07, 6.45) is 7.37. The van der Waals surface area contributed by atoms with E-state index in [1.54, 1.807) is 12.1 Å². The molecule has 26 heavy (non-hydrogen) atoms. The second kappa shape index (κ2) is 8.01. The van der Waals surface area contributed by atoms with Crippen LogP contribution in [0.15, 0.2) is 33.9 Å². The third kappa shape index (κ3) is 3.91. The maximum absolute atomic E-state index is 12.7.